The zero-order valence-electron chi connectivity index (χ0n) is 10.3. The predicted octanol–water partition coefficient (Wildman–Crippen LogP) is 1.49. The number of hydrogen-bond donors (Lipinski definition) is 1. The molecule has 1 fully saturated rings. The number of rotatable bonds is 2. The average molecular weight is 227 g/mol. The second-order valence-electron chi connectivity index (χ2n) is 4.66. The second kappa shape index (κ2) is 5.87. The molecule has 0 aliphatic heterocycles. The first-order chi connectivity index (χ1) is 7.54. The van der Waals surface area contributed by atoms with Crippen LogP contribution in [0.2, 0.25) is 0 Å². The summed E-state index contributed by atoms with van der Waals surface area (Å²) in [6.07, 6.45) is 3.01. The Hall–Kier alpha value is -1.06. The van der Waals surface area contributed by atoms with Gasteiger partial charge in [0.2, 0.25) is 0 Å². The van der Waals surface area contributed by atoms with Crippen LogP contribution in [0.25, 0.3) is 0 Å². The van der Waals surface area contributed by atoms with E-state index in [1.165, 1.54) is 0 Å². The number of nitrogens with one attached hydrogen (secondary N) is 1. The van der Waals surface area contributed by atoms with Gasteiger partial charge in [0.25, 0.3) is 0 Å². The fraction of sp³-hybridized carbons (Fsp3) is 0.833. The minimum atomic E-state index is -0.770. The molecular weight excluding hydrogens is 206 g/mol. The van der Waals surface area contributed by atoms with Crippen molar-refractivity contribution < 1.29 is 14.3 Å². The van der Waals surface area contributed by atoms with Crippen molar-refractivity contribution >= 4 is 11.9 Å². The van der Waals surface area contributed by atoms with Crippen molar-refractivity contribution in [3.63, 3.8) is 0 Å². The van der Waals surface area contributed by atoms with E-state index in [1.54, 1.807) is 6.92 Å². The summed E-state index contributed by atoms with van der Waals surface area (Å²) in [5.74, 6) is -0.0700. The molecule has 0 radical (unpaired) electrons. The Bertz CT molecular complexity index is 265. The predicted molar refractivity (Wildman–Crippen MR) is 60.7 cm³/mol. The highest BCUT2D eigenvalue weighted by atomic mass is 16.5. The van der Waals surface area contributed by atoms with Crippen LogP contribution in [0.15, 0.2) is 0 Å². The molecule has 1 amide bonds. The molecule has 3 unspecified atom stereocenters. The molecule has 0 aromatic heterocycles. The molecule has 1 aliphatic carbocycles. The van der Waals surface area contributed by atoms with E-state index >= 15 is 0 Å². The van der Waals surface area contributed by atoms with Gasteiger partial charge in [-0.3, -0.25) is 4.79 Å². The van der Waals surface area contributed by atoms with Crippen LogP contribution in [-0.2, 0) is 14.3 Å². The first-order valence-corrected chi connectivity index (χ1v) is 6.02. The summed E-state index contributed by atoms with van der Waals surface area (Å²) in [7, 11) is 0. The quantitative estimate of drug-likeness (QED) is 0.574. The maximum Gasteiger partial charge on any atom is 0.396 e. The highest BCUT2D eigenvalue weighted by Crippen LogP contribution is 2.29. The monoisotopic (exact) mass is 227 g/mol. The molecule has 4 nitrogen and oxygen atoms in total. The fourth-order valence-electron chi connectivity index (χ4n) is 2.12. The summed E-state index contributed by atoms with van der Waals surface area (Å²) < 4.78 is 4.64. The van der Waals surface area contributed by atoms with Crippen LogP contribution in [0.3, 0.4) is 0 Å². The van der Waals surface area contributed by atoms with E-state index in [-0.39, 0.29) is 12.6 Å². The van der Waals surface area contributed by atoms with Gasteiger partial charge in [-0.1, -0.05) is 13.8 Å². The topological polar surface area (TPSA) is 55.4 Å². The first-order valence-electron chi connectivity index (χ1n) is 6.02. The third kappa shape index (κ3) is 3.51. The van der Waals surface area contributed by atoms with E-state index in [0.717, 1.165) is 19.3 Å². The Morgan fingerprint density at radius 2 is 1.94 bits per heavy atom. The SMILES string of the molecule is CCOC(=O)C(=O)NC1CCC(C)C(C)C1. The smallest absolute Gasteiger partial charge is 0.396 e. The summed E-state index contributed by atoms with van der Waals surface area (Å²) in [4.78, 5) is 22.5. The van der Waals surface area contributed by atoms with Crippen LogP contribution in [0.4, 0.5) is 0 Å². The lowest BCUT2D eigenvalue weighted by atomic mass is 9.79. The largest absolute Gasteiger partial charge is 0.459 e. The zero-order valence-corrected chi connectivity index (χ0v) is 10.3. The molecule has 1 rings (SSSR count). The van der Waals surface area contributed by atoms with Crippen molar-refractivity contribution in [3.05, 3.63) is 0 Å². The standard InChI is InChI=1S/C12H21NO3/c1-4-16-12(15)11(14)13-10-6-5-8(2)9(3)7-10/h8-10H,4-7H2,1-3H3,(H,13,14). The Balaban J connectivity index is 2.37. The molecular formula is C12H21NO3. The molecule has 16 heavy (non-hydrogen) atoms. The average Bonchev–Trinajstić information content (AvgIpc) is 2.24. The van der Waals surface area contributed by atoms with Gasteiger partial charge in [0.15, 0.2) is 0 Å². The summed E-state index contributed by atoms with van der Waals surface area (Å²) in [5, 5.41) is 2.74. The van der Waals surface area contributed by atoms with Gasteiger partial charge in [-0.25, -0.2) is 4.79 Å². The van der Waals surface area contributed by atoms with Crippen LogP contribution in [0, 0.1) is 11.8 Å². The van der Waals surface area contributed by atoms with Crippen molar-refractivity contribution in [2.75, 3.05) is 6.61 Å². The highest BCUT2D eigenvalue weighted by Gasteiger charge is 2.27. The van der Waals surface area contributed by atoms with E-state index in [2.05, 4.69) is 23.9 Å². The van der Waals surface area contributed by atoms with Crippen molar-refractivity contribution in [3.8, 4) is 0 Å². The molecule has 0 aromatic rings. The van der Waals surface area contributed by atoms with E-state index in [1.807, 2.05) is 0 Å². The third-order valence-electron chi connectivity index (χ3n) is 3.39. The molecule has 0 heterocycles. The number of carbonyl (C=O) groups is 2. The van der Waals surface area contributed by atoms with Gasteiger partial charge >= 0.3 is 11.9 Å². The molecule has 1 aliphatic rings. The molecule has 1 N–H and O–H groups in total. The van der Waals surface area contributed by atoms with Gasteiger partial charge in [0.1, 0.15) is 0 Å². The van der Waals surface area contributed by atoms with Crippen LogP contribution in [0.1, 0.15) is 40.0 Å². The first kappa shape index (κ1) is 13.0. The Labute approximate surface area is 96.7 Å². The number of amides is 1. The van der Waals surface area contributed by atoms with Crippen LogP contribution < -0.4 is 5.32 Å². The lowest BCUT2D eigenvalue weighted by Gasteiger charge is -2.32. The van der Waals surface area contributed by atoms with E-state index in [0.29, 0.717) is 11.8 Å². The van der Waals surface area contributed by atoms with E-state index in [9.17, 15) is 9.59 Å². The molecule has 92 valence electrons. The normalized spacial score (nSPS) is 29.6. The molecule has 0 bridgehead atoms. The number of esters is 1. The van der Waals surface area contributed by atoms with Gasteiger partial charge in [-0.2, -0.15) is 0 Å². The number of carbonyl (C=O) groups excluding carboxylic acids is 2. The summed E-state index contributed by atoms with van der Waals surface area (Å²) in [5.41, 5.74) is 0. The van der Waals surface area contributed by atoms with Gasteiger partial charge < -0.3 is 10.1 Å². The fourth-order valence-corrected chi connectivity index (χ4v) is 2.12. The maximum absolute atomic E-state index is 11.4. The maximum atomic E-state index is 11.4. The summed E-state index contributed by atoms with van der Waals surface area (Å²) in [6, 6.07) is 0.128. The second-order valence-corrected chi connectivity index (χ2v) is 4.66. The Morgan fingerprint density at radius 3 is 2.50 bits per heavy atom. The summed E-state index contributed by atoms with van der Waals surface area (Å²) >= 11 is 0. The molecule has 4 heteroatoms. The van der Waals surface area contributed by atoms with Crippen LogP contribution in [0.5, 0.6) is 0 Å². The lowest BCUT2D eigenvalue weighted by molar-refractivity contribution is -0.155. The van der Waals surface area contributed by atoms with E-state index in [4.69, 9.17) is 0 Å². The molecule has 0 aromatic carbocycles. The van der Waals surface area contributed by atoms with Crippen molar-refractivity contribution in [1.82, 2.24) is 5.32 Å². The third-order valence-corrected chi connectivity index (χ3v) is 3.39. The molecule has 3 atom stereocenters. The lowest BCUT2D eigenvalue weighted by Crippen LogP contribution is -2.43. The van der Waals surface area contributed by atoms with Crippen molar-refractivity contribution in [1.29, 1.82) is 0 Å². The van der Waals surface area contributed by atoms with Crippen molar-refractivity contribution in [2.24, 2.45) is 11.8 Å². The van der Waals surface area contributed by atoms with Crippen molar-refractivity contribution in [2.45, 2.75) is 46.1 Å². The van der Waals surface area contributed by atoms with Crippen LogP contribution >= 0.6 is 0 Å². The molecule has 0 spiro atoms. The van der Waals surface area contributed by atoms with Crippen LogP contribution in [-0.4, -0.2) is 24.5 Å². The minimum absolute atomic E-state index is 0.128. The van der Waals surface area contributed by atoms with Gasteiger partial charge in [-0.05, 0) is 38.0 Å². The Morgan fingerprint density at radius 1 is 1.25 bits per heavy atom. The number of ether oxygens (including phenoxy) is 1. The van der Waals surface area contributed by atoms with Gasteiger partial charge in [-0.15, -0.1) is 0 Å². The molecule has 0 saturated heterocycles. The minimum Gasteiger partial charge on any atom is -0.459 e. The van der Waals surface area contributed by atoms with Gasteiger partial charge in [0.05, 0.1) is 6.61 Å². The summed E-state index contributed by atoms with van der Waals surface area (Å²) in [6.45, 7) is 6.35. The molecule has 1 saturated carbocycles. The number of hydrogen-bond acceptors (Lipinski definition) is 3. The zero-order chi connectivity index (χ0) is 12.1. The Kier molecular flexibility index (Phi) is 4.77. The van der Waals surface area contributed by atoms with Gasteiger partial charge in [0, 0.05) is 6.04 Å². The highest BCUT2D eigenvalue weighted by molar-refractivity contribution is 6.32. The van der Waals surface area contributed by atoms with E-state index < -0.39 is 11.9 Å².